The Hall–Kier alpha value is -2.75. The molecule has 134 valence electrons. The number of rotatable bonds is 8. The minimum Gasteiger partial charge on any atom is -0.451 e. The molecule has 0 aromatic carbocycles. The van der Waals surface area contributed by atoms with Crippen LogP contribution in [0.2, 0.25) is 0 Å². The fourth-order valence-corrected chi connectivity index (χ4v) is 3.78. The van der Waals surface area contributed by atoms with Gasteiger partial charge in [-0.25, -0.2) is 9.78 Å². The predicted octanol–water partition coefficient (Wildman–Crippen LogP) is 2.99. The first-order valence-electron chi connectivity index (χ1n) is 7.75. The molecule has 0 aliphatic heterocycles. The number of nitriles is 2. The summed E-state index contributed by atoms with van der Waals surface area (Å²) in [5, 5.41) is 21.9. The summed E-state index contributed by atoms with van der Waals surface area (Å²) in [7, 11) is 0. The normalized spacial score (nSPS) is 9.96. The number of amides is 1. The van der Waals surface area contributed by atoms with Crippen molar-refractivity contribution in [1.29, 1.82) is 10.5 Å². The van der Waals surface area contributed by atoms with Crippen LogP contribution in [0.3, 0.4) is 0 Å². The van der Waals surface area contributed by atoms with Crippen molar-refractivity contribution in [2.45, 2.75) is 19.8 Å². The average Bonchev–Trinajstić information content (AvgIpc) is 3.29. The average molecular weight is 388 g/mol. The largest absolute Gasteiger partial charge is 0.451 e. The Morgan fingerprint density at radius 1 is 1.27 bits per heavy atom. The third-order valence-electron chi connectivity index (χ3n) is 3.42. The summed E-state index contributed by atoms with van der Waals surface area (Å²) < 4.78 is 5.12. The van der Waals surface area contributed by atoms with Gasteiger partial charge in [-0.05, 0) is 18.4 Å². The van der Waals surface area contributed by atoms with Gasteiger partial charge in [-0.15, -0.1) is 11.3 Å². The molecule has 0 N–H and O–H groups in total. The number of thiophene rings is 1. The molecule has 2 aromatic heterocycles. The first-order chi connectivity index (χ1) is 12.6. The van der Waals surface area contributed by atoms with Crippen LogP contribution in [-0.2, 0) is 9.53 Å². The molecule has 0 aliphatic rings. The van der Waals surface area contributed by atoms with Gasteiger partial charge in [0.05, 0.1) is 30.7 Å². The van der Waals surface area contributed by atoms with Crippen molar-refractivity contribution in [3.8, 4) is 22.7 Å². The number of carbonyl (C=O) groups excluding carboxylic acids is 2. The molecule has 0 unspecified atom stereocenters. The molecule has 0 bridgehead atoms. The Morgan fingerprint density at radius 2 is 1.96 bits per heavy atom. The van der Waals surface area contributed by atoms with Crippen LogP contribution >= 0.6 is 22.7 Å². The number of aromatic nitrogens is 1. The van der Waals surface area contributed by atoms with E-state index in [-0.39, 0.29) is 25.9 Å². The van der Waals surface area contributed by atoms with Crippen molar-refractivity contribution in [2.75, 3.05) is 19.7 Å². The Balaban J connectivity index is 1.98. The molecule has 0 fully saturated rings. The van der Waals surface area contributed by atoms with E-state index in [4.69, 9.17) is 15.3 Å². The van der Waals surface area contributed by atoms with Crippen LogP contribution in [0.15, 0.2) is 16.8 Å². The van der Waals surface area contributed by atoms with E-state index in [0.717, 1.165) is 10.6 Å². The summed E-state index contributed by atoms with van der Waals surface area (Å²) in [6.07, 6.45) is 0.312. The summed E-state index contributed by atoms with van der Waals surface area (Å²) in [6, 6.07) is 5.83. The Labute approximate surface area is 159 Å². The molecule has 0 aliphatic carbocycles. The van der Waals surface area contributed by atoms with Gasteiger partial charge in [-0.1, -0.05) is 0 Å². The fourth-order valence-electron chi connectivity index (χ4n) is 2.11. The Bertz CT molecular complexity index is 828. The first-order valence-corrected chi connectivity index (χ1v) is 9.51. The summed E-state index contributed by atoms with van der Waals surface area (Å²) in [5.41, 5.74) is 1.50. The molecule has 0 saturated carbocycles. The van der Waals surface area contributed by atoms with Crippen molar-refractivity contribution in [3.63, 3.8) is 0 Å². The Kier molecular flexibility index (Phi) is 7.27. The van der Waals surface area contributed by atoms with Crippen molar-refractivity contribution < 1.29 is 14.3 Å². The SMILES string of the molecule is Cc1nc(-c2ccsc2)sc1C(=O)OCC(=O)N(CCC#N)CCC#N. The molecule has 0 saturated heterocycles. The third kappa shape index (κ3) is 5.12. The number of esters is 1. The molecule has 2 heterocycles. The minimum atomic E-state index is -0.602. The lowest BCUT2D eigenvalue weighted by molar-refractivity contribution is -0.134. The van der Waals surface area contributed by atoms with Crippen LogP contribution in [0.25, 0.3) is 10.6 Å². The van der Waals surface area contributed by atoms with Crippen LogP contribution < -0.4 is 0 Å². The molecule has 2 aromatic rings. The highest BCUT2D eigenvalue weighted by Gasteiger charge is 2.20. The lowest BCUT2D eigenvalue weighted by Crippen LogP contribution is -2.36. The molecule has 0 radical (unpaired) electrons. The third-order valence-corrected chi connectivity index (χ3v) is 5.29. The van der Waals surface area contributed by atoms with E-state index in [1.54, 1.807) is 18.3 Å². The number of thiazole rings is 1. The van der Waals surface area contributed by atoms with Gasteiger partial charge in [0.1, 0.15) is 9.88 Å². The highest BCUT2D eigenvalue weighted by Crippen LogP contribution is 2.29. The first kappa shape index (κ1) is 19.6. The van der Waals surface area contributed by atoms with E-state index < -0.39 is 18.5 Å². The zero-order chi connectivity index (χ0) is 18.9. The smallest absolute Gasteiger partial charge is 0.350 e. The predicted molar refractivity (Wildman–Crippen MR) is 97.5 cm³/mol. The summed E-state index contributed by atoms with van der Waals surface area (Å²) in [6.45, 7) is 1.70. The van der Waals surface area contributed by atoms with E-state index in [0.29, 0.717) is 10.6 Å². The van der Waals surface area contributed by atoms with E-state index in [9.17, 15) is 9.59 Å². The van der Waals surface area contributed by atoms with Crippen LogP contribution in [0.5, 0.6) is 0 Å². The van der Waals surface area contributed by atoms with Crippen molar-refractivity contribution in [2.24, 2.45) is 0 Å². The molecule has 26 heavy (non-hydrogen) atoms. The van der Waals surface area contributed by atoms with Gasteiger partial charge < -0.3 is 9.64 Å². The van der Waals surface area contributed by atoms with Gasteiger partial charge in [0.2, 0.25) is 0 Å². The molecular formula is C17H16N4O3S2. The maximum absolute atomic E-state index is 12.3. The van der Waals surface area contributed by atoms with E-state index in [2.05, 4.69) is 4.98 Å². The highest BCUT2D eigenvalue weighted by atomic mass is 32.1. The van der Waals surface area contributed by atoms with Crippen LogP contribution in [0.1, 0.15) is 28.2 Å². The molecule has 1 amide bonds. The van der Waals surface area contributed by atoms with E-state index in [1.807, 2.05) is 29.0 Å². The summed E-state index contributed by atoms with van der Waals surface area (Å²) in [5.74, 6) is -1.03. The van der Waals surface area contributed by atoms with Gasteiger partial charge in [-0.3, -0.25) is 4.79 Å². The fraction of sp³-hybridized carbons (Fsp3) is 0.353. The molecule has 7 nitrogen and oxygen atoms in total. The van der Waals surface area contributed by atoms with Crippen molar-refractivity contribution in [3.05, 3.63) is 27.4 Å². The van der Waals surface area contributed by atoms with Gasteiger partial charge >= 0.3 is 5.97 Å². The number of hydrogen-bond donors (Lipinski definition) is 0. The zero-order valence-corrected chi connectivity index (χ0v) is 15.7. The monoisotopic (exact) mass is 388 g/mol. The lowest BCUT2D eigenvalue weighted by atomic mass is 10.3. The summed E-state index contributed by atoms with van der Waals surface area (Å²) >= 11 is 2.77. The molecule has 9 heteroatoms. The van der Waals surface area contributed by atoms with Gasteiger partial charge in [-0.2, -0.15) is 21.9 Å². The molecule has 0 atom stereocenters. The number of aryl methyl sites for hydroxylation is 1. The molecule has 0 spiro atoms. The number of hydrogen-bond acceptors (Lipinski definition) is 8. The second kappa shape index (κ2) is 9.66. The Morgan fingerprint density at radius 3 is 2.54 bits per heavy atom. The highest BCUT2D eigenvalue weighted by molar-refractivity contribution is 7.17. The number of ether oxygens (including phenoxy) is 1. The van der Waals surface area contributed by atoms with Crippen LogP contribution in [0.4, 0.5) is 0 Å². The second-order valence-corrected chi connectivity index (χ2v) is 7.00. The van der Waals surface area contributed by atoms with E-state index >= 15 is 0 Å². The van der Waals surface area contributed by atoms with Gasteiger partial charge in [0.15, 0.2) is 6.61 Å². The lowest BCUT2D eigenvalue weighted by Gasteiger charge is -2.19. The van der Waals surface area contributed by atoms with Gasteiger partial charge in [0.25, 0.3) is 5.91 Å². The molecular weight excluding hydrogens is 372 g/mol. The topological polar surface area (TPSA) is 107 Å². The number of nitrogens with zero attached hydrogens (tertiary/aromatic N) is 4. The quantitative estimate of drug-likeness (QED) is 0.643. The maximum atomic E-state index is 12.3. The van der Waals surface area contributed by atoms with Crippen molar-refractivity contribution in [1.82, 2.24) is 9.88 Å². The maximum Gasteiger partial charge on any atom is 0.350 e. The minimum absolute atomic E-state index is 0.156. The second-order valence-electron chi connectivity index (χ2n) is 5.22. The van der Waals surface area contributed by atoms with Crippen molar-refractivity contribution >= 4 is 34.6 Å². The summed E-state index contributed by atoms with van der Waals surface area (Å²) in [4.78, 5) is 30.6. The van der Waals surface area contributed by atoms with E-state index in [1.165, 1.54) is 16.2 Å². The van der Waals surface area contributed by atoms with Crippen LogP contribution in [-0.4, -0.2) is 41.5 Å². The standard InChI is InChI=1S/C17H16N4O3S2/c1-12-15(26-16(20-12)13-4-9-25-11-13)17(23)24-10-14(22)21(7-2-5-18)8-3-6-19/h4,9,11H,2-3,7-8,10H2,1H3. The zero-order valence-electron chi connectivity index (χ0n) is 14.1. The molecule has 2 rings (SSSR count). The van der Waals surface area contributed by atoms with Gasteiger partial charge in [0, 0.05) is 24.0 Å². The number of carbonyl (C=O) groups is 2. The van der Waals surface area contributed by atoms with Crippen LogP contribution in [0, 0.1) is 29.6 Å².